The molecule has 1 aliphatic rings. The van der Waals surface area contributed by atoms with Crippen LogP contribution in [0.1, 0.15) is 97.3 Å². The molecular weight excluding hydrogens is 256 g/mol. The predicted octanol–water partition coefficient (Wildman–Crippen LogP) is 5.11. The molecule has 2 nitrogen and oxygen atoms in total. The van der Waals surface area contributed by atoms with Crippen LogP contribution in [0.4, 0.5) is 0 Å². The van der Waals surface area contributed by atoms with Crippen molar-refractivity contribution in [2.45, 2.75) is 109 Å². The minimum absolute atomic E-state index is 0.464. The summed E-state index contributed by atoms with van der Waals surface area (Å²) in [5.74, 6) is 0. The highest BCUT2D eigenvalue weighted by Crippen LogP contribution is 2.21. The third-order valence-electron chi connectivity index (χ3n) is 5.12. The zero-order chi connectivity index (χ0) is 15.3. The lowest BCUT2D eigenvalue weighted by Gasteiger charge is -2.37. The average molecular weight is 297 g/mol. The lowest BCUT2D eigenvalue weighted by Crippen LogP contribution is -2.45. The van der Waals surface area contributed by atoms with Gasteiger partial charge >= 0.3 is 0 Å². The van der Waals surface area contributed by atoms with E-state index in [1.54, 1.807) is 0 Å². The molecule has 0 bridgehead atoms. The van der Waals surface area contributed by atoms with E-state index in [2.05, 4.69) is 18.7 Å². The maximum absolute atomic E-state index is 6.07. The molecule has 0 aromatic rings. The Balaban J connectivity index is 2.27. The van der Waals surface area contributed by atoms with E-state index >= 15 is 0 Å². The van der Waals surface area contributed by atoms with Crippen molar-refractivity contribution in [3.63, 3.8) is 0 Å². The van der Waals surface area contributed by atoms with Crippen molar-refractivity contribution in [3.05, 3.63) is 0 Å². The highest BCUT2D eigenvalue weighted by Gasteiger charge is 2.22. The Kier molecular flexibility index (Phi) is 11.3. The molecular formula is C19H40N2. The number of likely N-dealkylation sites (tertiary alicyclic amines) is 1. The highest BCUT2D eigenvalue weighted by atomic mass is 15.2. The standard InChI is InChI=1S/C19H40N2/c1-3-5-7-9-11-13-19(12-10-8-6-4-2)21-16-14-18(20)15-17-21/h18-19H,3-17,20H2,1-2H3. The summed E-state index contributed by atoms with van der Waals surface area (Å²) in [5.41, 5.74) is 6.07. The summed E-state index contributed by atoms with van der Waals surface area (Å²) in [6.45, 7) is 7.09. The van der Waals surface area contributed by atoms with Crippen LogP contribution in [0.2, 0.25) is 0 Å². The fraction of sp³-hybridized carbons (Fsp3) is 1.00. The van der Waals surface area contributed by atoms with E-state index in [1.165, 1.54) is 96.6 Å². The molecule has 1 aliphatic heterocycles. The molecule has 2 heteroatoms. The first-order valence-corrected chi connectivity index (χ1v) is 9.77. The Labute approximate surface area is 133 Å². The number of nitrogens with two attached hydrogens (primary N) is 1. The lowest BCUT2D eigenvalue weighted by atomic mass is 9.96. The van der Waals surface area contributed by atoms with Gasteiger partial charge in [0.05, 0.1) is 0 Å². The number of hydrogen-bond acceptors (Lipinski definition) is 2. The first kappa shape index (κ1) is 19.0. The van der Waals surface area contributed by atoms with Gasteiger partial charge in [-0.1, -0.05) is 71.6 Å². The van der Waals surface area contributed by atoms with Gasteiger partial charge in [0, 0.05) is 12.1 Å². The summed E-state index contributed by atoms with van der Waals surface area (Å²) in [6, 6.07) is 1.31. The van der Waals surface area contributed by atoms with E-state index in [1.807, 2.05) is 0 Å². The van der Waals surface area contributed by atoms with E-state index < -0.39 is 0 Å². The topological polar surface area (TPSA) is 29.3 Å². The summed E-state index contributed by atoms with van der Waals surface area (Å²) < 4.78 is 0. The van der Waals surface area contributed by atoms with Gasteiger partial charge in [0.2, 0.25) is 0 Å². The van der Waals surface area contributed by atoms with Crippen molar-refractivity contribution >= 4 is 0 Å². The second kappa shape index (κ2) is 12.5. The number of rotatable bonds is 12. The highest BCUT2D eigenvalue weighted by molar-refractivity contribution is 4.80. The Morgan fingerprint density at radius 1 is 0.810 bits per heavy atom. The molecule has 0 aliphatic carbocycles. The molecule has 0 spiro atoms. The average Bonchev–Trinajstić information content (AvgIpc) is 2.50. The largest absolute Gasteiger partial charge is 0.328 e. The monoisotopic (exact) mass is 296 g/mol. The summed E-state index contributed by atoms with van der Waals surface area (Å²) in [5, 5.41) is 0. The number of nitrogens with zero attached hydrogens (tertiary/aromatic N) is 1. The van der Waals surface area contributed by atoms with Gasteiger partial charge in [-0.15, -0.1) is 0 Å². The predicted molar refractivity (Wildman–Crippen MR) is 94.7 cm³/mol. The van der Waals surface area contributed by atoms with Crippen molar-refractivity contribution in [1.29, 1.82) is 0 Å². The van der Waals surface area contributed by atoms with E-state index in [-0.39, 0.29) is 0 Å². The van der Waals surface area contributed by atoms with Gasteiger partial charge in [-0.05, 0) is 38.8 Å². The van der Waals surface area contributed by atoms with Crippen LogP contribution in [0.25, 0.3) is 0 Å². The molecule has 2 N–H and O–H groups in total. The minimum Gasteiger partial charge on any atom is -0.328 e. The fourth-order valence-corrected chi connectivity index (χ4v) is 3.58. The van der Waals surface area contributed by atoms with Crippen LogP contribution in [-0.4, -0.2) is 30.1 Å². The molecule has 0 aromatic heterocycles. The third kappa shape index (κ3) is 8.83. The minimum atomic E-state index is 0.464. The van der Waals surface area contributed by atoms with Gasteiger partial charge in [0.15, 0.2) is 0 Å². The molecule has 0 amide bonds. The number of piperidine rings is 1. The molecule has 1 atom stereocenters. The van der Waals surface area contributed by atoms with Crippen molar-refractivity contribution < 1.29 is 0 Å². The van der Waals surface area contributed by atoms with Crippen LogP contribution in [-0.2, 0) is 0 Å². The van der Waals surface area contributed by atoms with Crippen LogP contribution < -0.4 is 5.73 Å². The maximum Gasteiger partial charge on any atom is 0.00952 e. The molecule has 0 aromatic carbocycles. The lowest BCUT2D eigenvalue weighted by molar-refractivity contribution is 0.134. The smallest absolute Gasteiger partial charge is 0.00952 e. The van der Waals surface area contributed by atoms with Crippen LogP contribution in [0, 0.1) is 0 Å². The van der Waals surface area contributed by atoms with Crippen LogP contribution in [0.3, 0.4) is 0 Å². The molecule has 1 rings (SSSR count). The summed E-state index contributed by atoms with van der Waals surface area (Å²) >= 11 is 0. The zero-order valence-corrected chi connectivity index (χ0v) is 14.8. The quantitative estimate of drug-likeness (QED) is 0.507. The van der Waals surface area contributed by atoms with Crippen LogP contribution in [0.5, 0.6) is 0 Å². The maximum atomic E-state index is 6.07. The molecule has 0 radical (unpaired) electrons. The SMILES string of the molecule is CCCCCCCC(CCCCCC)N1CCC(N)CC1. The Bertz CT molecular complexity index is 222. The summed E-state index contributed by atoms with van der Waals surface area (Å²) in [6.07, 6.45) is 17.9. The van der Waals surface area contributed by atoms with Crippen molar-refractivity contribution in [2.24, 2.45) is 5.73 Å². The van der Waals surface area contributed by atoms with Gasteiger partial charge in [-0.25, -0.2) is 0 Å². The summed E-state index contributed by atoms with van der Waals surface area (Å²) in [4.78, 5) is 2.76. The van der Waals surface area contributed by atoms with E-state index in [0.717, 1.165) is 6.04 Å². The number of unbranched alkanes of at least 4 members (excludes halogenated alkanes) is 7. The number of hydrogen-bond donors (Lipinski definition) is 1. The summed E-state index contributed by atoms with van der Waals surface area (Å²) in [7, 11) is 0. The Morgan fingerprint density at radius 3 is 1.81 bits per heavy atom. The van der Waals surface area contributed by atoms with Gasteiger partial charge < -0.3 is 10.6 Å². The van der Waals surface area contributed by atoms with Gasteiger partial charge in [-0.3, -0.25) is 0 Å². The molecule has 1 fully saturated rings. The zero-order valence-electron chi connectivity index (χ0n) is 14.8. The third-order valence-corrected chi connectivity index (χ3v) is 5.12. The Morgan fingerprint density at radius 2 is 1.29 bits per heavy atom. The second-order valence-electron chi connectivity index (χ2n) is 7.08. The van der Waals surface area contributed by atoms with E-state index in [0.29, 0.717) is 6.04 Å². The second-order valence-corrected chi connectivity index (χ2v) is 7.08. The molecule has 1 heterocycles. The van der Waals surface area contributed by atoms with Gasteiger partial charge in [0.1, 0.15) is 0 Å². The molecule has 21 heavy (non-hydrogen) atoms. The van der Waals surface area contributed by atoms with Crippen LogP contribution in [0.15, 0.2) is 0 Å². The van der Waals surface area contributed by atoms with Crippen molar-refractivity contribution in [3.8, 4) is 0 Å². The molecule has 1 saturated heterocycles. The Hall–Kier alpha value is -0.0800. The normalized spacial score (nSPS) is 19.0. The van der Waals surface area contributed by atoms with Gasteiger partial charge in [0.25, 0.3) is 0 Å². The van der Waals surface area contributed by atoms with Crippen molar-refractivity contribution in [1.82, 2.24) is 4.90 Å². The molecule has 0 saturated carbocycles. The van der Waals surface area contributed by atoms with Crippen LogP contribution >= 0.6 is 0 Å². The molecule has 126 valence electrons. The van der Waals surface area contributed by atoms with E-state index in [9.17, 15) is 0 Å². The first-order valence-electron chi connectivity index (χ1n) is 9.77. The van der Waals surface area contributed by atoms with Crippen molar-refractivity contribution in [2.75, 3.05) is 13.1 Å². The van der Waals surface area contributed by atoms with E-state index in [4.69, 9.17) is 5.73 Å². The first-order chi connectivity index (χ1) is 10.3. The molecule has 1 unspecified atom stereocenters. The van der Waals surface area contributed by atoms with Gasteiger partial charge in [-0.2, -0.15) is 0 Å². The fourth-order valence-electron chi connectivity index (χ4n) is 3.58.